The maximum Gasteiger partial charge on any atom is 0.434 e. The molecule has 0 radical (unpaired) electrons. The van der Waals surface area contributed by atoms with E-state index < -0.39 is 11.9 Å². The summed E-state index contributed by atoms with van der Waals surface area (Å²) in [4.78, 5) is 18.3. The molecule has 3 saturated heterocycles. The molecule has 2 bridgehead atoms. The van der Waals surface area contributed by atoms with Crippen molar-refractivity contribution in [2.24, 2.45) is 5.92 Å². The van der Waals surface area contributed by atoms with Crippen molar-refractivity contribution in [3.05, 3.63) is 40.9 Å². The minimum atomic E-state index is -4.49. The maximum atomic E-state index is 12.6. The predicted octanol–water partition coefficient (Wildman–Crippen LogP) is 3.78. The number of thiazole rings is 1. The smallest absolute Gasteiger partial charge is 0.431 e. The molecule has 0 unspecified atom stereocenters. The number of aromatic nitrogens is 1. The van der Waals surface area contributed by atoms with E-state index in [1.807, 2.05) is 0 Å². The Morgan fingerprint density at radius 3 is 2.48 bits per heavy atom. The number of carbonyl (C=O) groups excluding carboxylic acids is 1. The second-order valence-corrected chi connectivity index (χ2v) is 7.66. The first-order valence-corrected chi connectivity index (χ1v) is 9.60. The normalized spacial score (nSPS) is 24.6. The molecule has 9 heteroatoms. The Morgan fingerprint density at radius 2 is 1.93 bits per heavy atom. The predicted molar refractivity (Wildman–Crippen MR) is 94.1 cm³/mol. The molecule has 4 heterocycles. The Morgan fingerprint density at radius 1 is 1.22 bits per heavy atom. The molecular formula is C18H18F3N3O2S. The van der Waals surface area contributed by atoms with Gasteiger partial charge in [0.1, 0.15) is 5.75 Å². The van der Waals surface area contributed by atoms with E-state index in [1.165, 1.54) is 0 Å². The van der Waals surface area contributed by atoms with Gasteiger partial charge in [-0.05, 0) is 56.1 Å². The molecule has 1 amide bonds. The van der Waals surface area contributed by atoms with Crippen molar-refractivity contribution in [1.29, 1.82) is 0 Å². The van der Waals surface area contributed by atoms with Crippen LogP contribution in [0.3, 0.4) is 0 Å². The van der Waals surface area contributed by atoms with Crippen LogP contribution in [-0.2, 0) is 6.18 Å². The second-order valence-electron chi connectivity index (χ2n) is 6.84. The number of nitrogens with one attached hydrogen (secondary N) is 1. The molecule has 2 aromatic rings. The quantitative estimate of drug-likeness (QED) is 0.853. The molecule has 1 aromatic carbocycles. The van der Waals surface area contributed by atoms with Gasteiger partial charge in [-0.1, -0.05) is 11.3 Å². The van der Waals surface area contributed by atoms with Crippen LogP contribution in [0.4, 0.5) is 13.2 Å². The van der Waals surface area contributed by atoms with Gasteiger partial charge in [-0.15, -0.1) is 0 Å². The molecule has 1 atom stereocenters. The second kappa shape index (κ2) is 7.12. The average Bonchev–Trinajstić information content (AvgIpc) is 3.12. The number of hydrogen-bond acceptors (Lipinski definition) is 5. The minimum absolute atomic E-state index is 0.0909. The Balaban J connectivity index is 1.37. The van der Waals surface area contributed by atoms with Crippen LogP contribution in [0.15, 0.2) is 29.6 Å². The van der Waals surface area contributed by atoms with Crippen LogP contribution in [0.5, 0.6) is 10.9 Å². The van der Waals surface area contributed by atoms with Crippen LogP contribution in [0.1, 0.15) is 28.9 Å². The number of ether oxygens (including phenoxy) is 1. The zero-order chi connectivity index (χ0) is 19.0. The molecule has 5 rings (SSSR count). The molecule has 0 aliphatic carbocycles. The summed E-state index contributed by atoms with van der Waals surface area (Å²) in [6, 6.07) is 6.49. The standard InChI is InChI=1S/C18H18F3N3O2S/c19-18(20,21)15-10-27-17(23-15)26-13-3-1-12(2-4-13)16(25)22-14-9-24-7-5-11(14)6-8-24/h1-4,10-11,14H,5-9H2,(H,22,25)/t14-/m0/s1. The summed E-state index contributed by atoms with van der Waals surface area (Å²) in [7, 11) is 0. The minimum Gasteiger partial charge on any atom is -0.431 e. The number of rotatable bonds is 4. The first-order valence-electron chi connectivity index (χ1n) is 8.72. The lowest BCUT2D eigenvalue weighted by molar-refractivity contribution is -0.140. The highest BCUT2D eigenvalue weighted by molar-refractivity contribution is 7.11. The Hall–Kier alpha value is -2.13. The highest BCUT2D eigenvalue weighted by Gasteiger charge is 2.35. The molecule has 5 nitrogen and oxygen atoms in total. The van der Waals surface area contributed by atoms with E-state index in [1.54, 1.807) is 24.3 Å². The molecule has 0 spiro atoms. The van der Waals surface area contributed by atoms with E-state index in [4.69, 9.17) is 4.74 Å². The van der Waals surface area contributed by atoms with Gasteiger partial charge in [0.05, 0.1) is 0 Å². The molecule has 3 aliphatic heterocycles. The molecule has 3 fully saturated rings. The highest BCUT2D eigenvalue weighted by atomic mass is 32.1. The van der Waals surface area contributed by atoms with Crippen molar-refractivity contribution in [2.45, 2.75) is 25.1 Å². The van der Waals surface area contributed by atoms with E-state index in [2.05, 4.69) is 15.2 Å². The summed E-state index contributed by atoms with van der Waals surface area (Å²) < 4.78 is 43.1. The van der Waals surface area contributed by atoms with Crippen LogP contribution in [0, 0.1) is 5.92 Å². The zero-order valence-electron chi connectivity index (χ0n) is 14.3. The lowest BCUT2D eigenvalue weighted by Crippen LogP contribution is -2.57. The van der Waals surface area contributed by atoms with Gasteiger partial charge >= 0.3 is 6.18 Å². The number of amides is 1. The molecule has 144 valence electrons. The molecule has 1 aromatic heterocycles. The van der Waals surface area contributed by atoms with E-state index in [0.717, 1.165) is 49.2 Å². The molecular weight excluding hydrogens is 379 g/mol. The van der Waals surface area contributed by atoms with Crippen molar-refractivity contribution in [3.63, 3.8) is 0 Å². The van der Waals surface area contributed by atoms with E-state index in [9.17, 15) is 18.0 Å². The van der Waals surface area contributed by atoms with Crippen LogP contribution < -0.4 is 10.1 Å². The number of benzene rings is 1. The third-order valence-electron chi connectivity index (χ3n) is 5.07. The van der Waals surface area contributed by atoms with Gasteiger partial charge in [0.2, 0.25) is 0 Å². The van der Waals surface area contributed by atoms with Crippen molar-refractivity contribution in [1.82, 2.24) is 15.2 Å². The summed E-state index contributed by atoms with van der Waals surface area (Å²) in [5.41, 5.74) is -0.482. The average molecular weight is 397 g/mol. The number of fused-ring (bicyclic) bond motifs is 3. The van der Waals surface area contributed by atoms with Crippen LogP contribution in [0.2, 0.25) is 0 Å². The van der Waals surface area contributed by atoms with Gasteiger partial charge in [0.25, 0.3) is 11.1 Å². The van der Waals surface area contributed by atoms with Crippen molar-refractivity contribution < 1.29 is 22.7 Å². The van der Waals surface area contributed by atoms with Crippen molar-refractivity contribution in [3.8, 4) is 10.9 Å². The molecule has 3 aliphatic rings. The van der Waals surface area contributed by atoms with Crippen LogP contribution >= 0.6 is 11.3 Å². The highest BCUT2D eigenvalue weighted by Crippen LogP contribution is 2.34. The third-order valence-corrected chi connectivity index (χ3v) is 5.79. The van der Waals surface area contributed by atoms with Gasteiger partial charge < -0.3 is 15.0 Å². The van der Waals surface area contributed by atoms with E-state index >= 15 is 0 Å². The molecule has 1 N–H and O–H groups in total. The van der Waals surface area contributed by atoms with Gasteiger partial charge in [-0.25, -0.2) is 0 Å². The number of halogens is 3. The maximum absolute atomic E-state index is 12.6. The van der Waals surface area contributed by atoms with Gasteiger partial charge in [-0.3, -0.25) is 4.79 Å². The summed E-state index contributed by atoms with van der Waals surface area (Å²) >= 11 is 0.775. The fourth-order valence-electron chi connectivity index (χ4n) is 3.59. The van der Waals surface area contributed by atoms with Crippen LogP contribution in [-0.4, -0.2) is 41.5 Å². The number of piperidine rings is 3. The Kier molecular flexibility index (Phi) is 4.81. The Bertz CT molecular complexity index is 814. The summed E-state index contributed by atoms with van der Waals surface area (Å²) in [6.45, 7) is 3.11. The topological polar surface area (TPSA) is 54.5 Å². The monoisotopic (exact) mass is 397 g/mol. The zero-order valence-corrected chi connectivity index (χ0v) is 15.1. The van der Waals surface area contributed by atoms with Crippen molar-refractivity contribution >= 4 is 17.2 Å². The number of carbonyl (C=O) groups is 1. The largest absolute Gasteiger partial charge is 0.434 e. The lowest BCUT2D eigenvalue weighted by atomic mass is 9.84. The van der Waals surface area contributed by atoms with E-state index in [-0.39, 0.29) is 17.1 Å². The fourth-order valence-corrected chi connectivity index (χ4v) is 4.28. The van der Waals surface area contributed by atoms with Gasteiger partial charge in [-0.2, -0.15) is 18.2 Å². The first-order chi connectivity index (χ1) is 12.9. The Labute approximate surface area is 158 Å². The fraction of sp³-hybridized carbons (Fsp3) is 0.444. The number of nitrogens with zero attached hydrogens (tertiary/aromatic N) is 2. The SMILES string of the molecule is O=C(N[C@H]1CN2CCC1CC2)c1ccc(Oc2nc(C(F)(F)F)cs2)cc1. The molecule has 0 saturated carbocycles. The lowest BCUT2D eigenvalue weighted by Gasteiger charge is -2.44. The number of hydrogen-bond donors (Lipinski definition) is 1. The summed E-state index contributed by atoms with van der Waals surface area (Å²) in [5.74, 6) is 0.723. The first kappa shape index (κ1) is 18.2. The summed E-state index contributed by atoms with van der Waals surface area (Å²) in [5, 5.41) is 3.92. The summed E-state index contributed by atoms with van der Waals surface area (Å²) in [6.07, 6.45) is -2.26. The van der Waals surface area contributed by atoms with Gasteiger partial charge in [0, 0.05) is 23.5 Å². The third kappa shape index (κ3) is 4.08. The number of alkyl halides is 3. The van der Waals surface area contributed by atoms with Crippen molar-refractivity contribution in [2.75, 3.05) is 19.6 Å². The molecule has 27 heavy (non-hydrogen) atoms. The van der Waals surface area contributed by atoms with Crippen LogP contribution in [0.25, 0.3) is 0 Å². The van der Waals surface area contributed by atoms with E-state index in [0.29, 0.717) is 17.2 Å². The van der Waals surface area contributed by atoms with Gasteiger partial charge in [0.15, 0.2) is 5.69 Å².